The van der Waals surface area contributed by atoms with Crippen LogP contribution in [0.5, 0.6) is 5.75 Å². The number of ether oxygens (including phenoxy) is 1. The molecule has 0 saturated carbocycles. The molecule has 0 heterocycles. The van der Waals surface area contributed by atoms with Crippen LogP contribution in [0.4, 0.5) is 31.4 Å². The van der Waals surface area contributed by atoms with Crippen molar-refractivity contribution < 1.29 is 33.6 Å². The third-order valence-corrected chi connectivity index (χ3v) is 7.56. The topological polar surface area (TPSA) is 134 Å². The lowest BCUT2D eigenvalue weighted by molar-refractivity contribution is -0.0598. The Hall–Kier alpha value is -4.27. The number of methoxy groups -OCH3 is 1. The molecule has 0 atom stereocenters. The lowest BCUT2D eigenvalue weighted by Crippen LogP contribution is -2.30. The van der Waals surface area contributed by atoms with Crippen molar-refractivity contribution in [2.24, 2.45) is 0 Å². The second-order valence-electron chi connectivity index (χ2n) is 11.9. The number of hydroxylamine groups is 6. The molecule has 0 unspecified atom stereocenters. The molecule has 13 nitrogen and oxygen atoms in total. The van der Waals surface area contributed by atoms with Crippen LogP contribution in [0.3, 0.4) is 0 Å². The molecule has 0 saturated heterocycles. The highest BCUT2D eigenvalue weighted by Gasteiger charge is 2.15. The first-order valence-electron chi connectivity index (χ1n) is 15.4. The zero-order valence-corrected chi connectivity index (χ0v) is 32.3. The van der Waals surface area contributed by atoms with Crippen LogP contribution in [-0.4, -0.2) is 82.9 Å². The highest BCUT2D eigenvalue weighted by Crippen LogP contribution is 2.28. The minimum absolute atomic E-state index is 0.0634. The molecule has 0 radical (unpaired) electrons. The van der Waals surface area contributed by atoms with Gasteiger partial charge in [0.2, 0.25) is 0 Å². The number of nitrogens with one attached hydrogen (secondary N) is 3. The number of anilines is 3. The van der Waals surface area contributed by atoms with Crippen molar-refractivity contribution in [1.82, 2.24) is 15.2 Å². The van der Waals surface area contributed by atoms with Gasteiger partial charge in [0, 0.05) is 43.2 Å². The highest BCUT2D eigenvalue weighted by atomic mass is 35.5. The Labute approximate surface area is 305 Å². The second-order valence-corrected chi connectivity index (χ2v) is 12.7. The lowest BCUT2D eigenvalue weighted by atomic mass is 9.87. The summed E-state index contributed by atoms with van der Waals surface area (Å²) in [5.41, 5.74) is 4.29. The smallest absolute Gasteiger partial charge is 0.345 e. The van der Waals surface area contributed by atoms with E-state index in [0.29, 0.717) is 33.1 Å². The molecule has 0 aromatic heterocycles. The van der Waals surface area contributed by atoms with Gasteiger partial charge in [0.1, 0.15) is 5.75 Å². The number of carbonyl (C=O) groups is 3. The van der Waals surface area contributed by atoms with E-state index < -0.39 is 0 Å². The van der Waals surface area contributed by atoms with E-state index in [0.717, 1.165) is 26.4 Å². The van der Waals surface area contributed by atoms with Gasteiger partial charge in [-0.3, -0.25) is 14.5 Å². The number of amides is 6. The van der Waals surface area contributed by atoms with Gasteiger partial charge in [-0.05, 0) is 64.9 Å². The van der Waals surface area contributed by atoms with Crippen molar-refractivity contribution in [2.45, 2.75) is 46.0 Å². The maximum absolute atomic E-state index is 11.6. The zero-order chi connectivity index (χ0) is 38.2. The van der Waals surface area contributed by atoms with Crippen LogP contribution in [0.2, 0.25) is 10.0 Å². The van der Waals surface area contributed by atoms with Gasteiger partial charge in [0.05, 0.1) is 33.5 Å². The van der Waals surface area contributed by atoms with E-state index in [1.54, 1.807) is 31.3 Å². The molecule has 0 aliphatic rings. The van der Waals surface area contributed by atoms with E-state index >= 15 is 0 Å². The molecule has 50 heavy (non-hydrogen) atoms. The first kappa shape index (κ1) is 43.8. The summed E-state index contributed by atoms with van der Waals surface area (Å²) >= 11 is 12.0. The van der Waals surface area contributed by atoms with E-state index in [9.17, 15) is 14.4 Å². The summed E-state index contributed by atoms with van der Waals surface area (Å²) in [4.78, 5) is 48.8. The molecular formula is C35H50Cl2N6O7. The van der Waals surface area contributed by atoms with Crippen LogP contribution in [-0.2, 0) is 19.9 Å². The van der Waals surface area contributed by atoms with Crippen molar-refractivity contribution in [2.75, 3.05) is 65.5 Å². The Morgan fingerprint density at radius 1 is 0.640 bits per heavy atom. The zero-order valence-electron chi connectivity index (χ0n) is 30.8. The summed E-state index contributed by atoms with van der Waals surface area (Å²) < 4.78 is 4.99. The predicted octanol–water partition coefficient (Wildman–Crippen LogP) is 8.87. The van der Waals surface area contributed by atoms with Crippen LogP contribution >= 0.6 is 23.2 Å². The fraction of sp³-hybridized carbons (Fsp3) is 0.400. The van der Waals surface area contributed by atoms with E-state index in [1.807, 2.05) is 30.3 Å². The summed E-state index contributed by atoms with van der Waals surface area (Å²) in [5.74, 6) is 0.911. The summed E-state index contributed by atoms with van der Waals surface area (Å²) in [6, 6.07) is 17.2. The monoisotopic (exact) mass is 736 g/mol. The number of halogens is 2. The van der Waals surface area contributed by atoms with Crippen molar-refractivity contribution in [3.05, 3.63) is 81.8 Å². The molecule has 0 spiro atoms. The standard InChI is InChI=1S/C13H20N2O2.C12H17ClN2O2.C10H13ClN2O3/c1-13(2,3)10-7-6-8-11(9-10)14-12(16)15(4)17-5;1-8(2)10-6-5-9(7-11(10)13)14-12(16)15(3)17-4;1-13(16-3)10(14)12-7-4-5-9(15-2)8(11)6-7/h6-9H,1-5H3,(H,14,16);5-8H,1-4H3,(H,14,16);4-6H,1-3H3,(H,12,14). The van der Waals surface area contributed by atoms with Gasteiger partial charge in [-0.2, -0.15) is 0 Å². The first-order chi connectivity index (χ1) is 23.4. The van der Waals surface area contributed by atoms with Crippen LogP contribution in [0.25, 0.3) is 0 Å². The average Bonchev–Trinajstić information content (AvgIpc) is 3.07. The maximum atomic E-state index is 11.6. The van der Waals surface area contributed by atoms with E-state index in [-0.39, 0.29) is 23.5 Å². The summed E-state index contributed by atoms with van der Waals surface area (Å²) in [5, 5.41) is 12.4. The third kappa shape index (κ3) is 14.7. The molecule has 0 aliphatic heterocycles. The quantitative estimate of drug-likeness (QED) is 0.197. The minimum atomic E-state index is -0.385. The second kappa shape index (κ2) is 21.1. The molecule has 0 bridgehead atoms. The Morgan fingerprint density at radius 2 is 1.06 bits per heavy atom. The van der Waals surface area contributed by atoms with Crippen molar-refractivity contribution in [3.63, 3.8) is 0 Å². The largest absolute Gasteiger partial charge is 0.495 e. The average molecular weight is 738 g/mol. The number of carbonyl (C=O) groups excluding carboxylic acids is 3. The third-order valence-electron chi connectivity index (χ3n) is 6.94. The number of hydrogen-bond acceptors (Lipinski definition) is 7. The summed E-state index contributed by atoms with van der Waals surface area (Å²) in [7, 11) is 10.4. The van der Waals surface area contributed by atoms with Crippen LogP contribution in [0.1, 0.15) is 51.7 Å². The molecule has 0 fully saturated rings. The van der Waals surface area contributed by atoms with Crippen LogP contribution < -0.4 is 20.7 Å². The molecule has 3 aromatic carbocycles. The van der Waals surface area contributed by atoms with Gasteiger partial charge in [-0.1, -0.05) is 76.0 Å². The molecule has 0 aliphatic carbocycles. The lowest BCUT2D eigenvalue weighted by Gasteiger charge is -2.20. The Morgan fingerprint density at radius 3 is 1.42 bits per heavy atom. The fourth-order valence-corrected chi connectivity index (χ4v) is 4.39. The first-order valence-corrected chi connectivity index (χ1v) is 16.1. The summed E-state index contributed by atoms with van der Waals surface area (Å²) in [6.07, 6.45) is 0. The predicted molar refractivity (Wildman–Crippen MR) is 200 cm³/mol. The minimum Gasteiger partial charge on any atom is -0.495 e. The van der Waals surface area contributed by atoms with Gasteiger partial charge in [0.15, 0.2) is 0 Å². The summed E-state index contributed by atoms with van der Waals surface area (Å²) in [6.45, 7) is 10.5. The van der Waals surface area contributed by atoms with Gasteiger partial charge in [-0.25, -0.2) is 29.6 Å². The molecule has 15 heteroatoms. The fourth-order valence-electron chi connectivity index (χ4n) is 3.74. The van der Waals surface area contributed by atoms with Gasteiger partial charge in [0.25, 0.3) is 0 Å². The number of benzene rings is 3. The normalized spacial score (nSPS) is 10.5. The molecule has 6 amide bonds. The molecule has 3 N–H and O–H groups in total. The van der Waals surface area contributed by atoms with E-state index in [2.05, 4.69) is 56.6 Å². The van der Waals surface area contributed by atoms with Gasteiger partial charge in [-0.15, -0.1) is 0 Å². The van der Waals surface area contributed by atoms with Crippen molar-refractivity contribution in [1.29, 1.82) is 0 Å². The van der Waals surface area contributed by atoms with Crippen LogP contribution in [0, 0.1) is 0 Å². The molecule has 276 valence electrons. The van der Waals surface area contributed by atoms with E-state index in [4.69, 9.17) is 42.5 Å². The Bertz CT molecular complexity index is 1550. The van der Waals surface area contributed by atoms with Crippen LogP contribution in [0.15, 0.2) is 60.7 Å². The number of urea groups is 3. The number of rotatable bonds is 8. The van der Waals surface area contributed by atoms with Gasteiger partial charge >= 0.3 is 18.1 Å². The molecular weight excluding hydrogens is 687 g/mol. The maximum Gasteiger partial charge on any atom is 0.345 e. The molecule has 3 aromatic rings. The van der Waals surface area contributed by atoms with E-state index in [1.165, 1.54) is 48.1 Å². The van der Waals surface area contributed by atoms with Crippen molar-refractivity contribution >= 4 is 58.4 Å². The molecule has 3 rings (SSSR count). The Kier molecular flexibility index (Phi) is 18.4. The SMILES string of the molecule is CON(C)C(=O)Nc1ccc(C(C)C)c(Cl)c1.CON(C)C(=O)Nc1cccc(C(C)(C)C)c1.COc1ccc(NC(=O)N(C)OC)cc1Cl. The highest BCUT2D eigenvalue weighted by molar-refractivity contribution is 6.32. The number of hydrogen-bond donors (Lipinski definition) is 3. The van der Waals surface area contributed by atoms with Gasteiger partial charge < -0.3 is 20.7 Å². The van der Waals surface area contributed by atoms with Crippen molar-refractivity contribution in [3.8, 4) is 5.75 Å². The number of nitrogens with zero attached hydrogens (tertiary/aromatic N) is 3. The Balaban J connectivity index is 0.000000375.